The number of hydrogen-bond acceptors (Lipinski definition) is 4. The lowest BCUT2D eigenvalue weighted by Gasteiger charge is -2.20. The van der Waals surface area contributed by atoms with Crippen molar-refractivity contribution in [2.24, 2.45) is 11.7 Å². The minimum atomic E-state index is -1.43. The summed E-state index contributed by atoms with van der Waals surface area (Å²) in [5.74, 6) is -3.64. The van der Waals surface area contributed by atoms with E-state index in [9.17, 15) is 14.7 Å². The molecule has 1 aliphatic carbocycles. The molecule has 2 atom stereocenters. The summed E-state index contributed by atoms with van der Waals surface area (Å²) in [5.41, 5.74) is 11.4. The fourth-order valence-corrected chi connectivity index (χ4v) is 4.21. The van der Waals surface area contributed by atoms with E-state index in [1.165, 1.54) is 0 Å². The first-order valence-electron chi connectivity index (χ1n) is 10.6. The molecular weight excluding hydrogens is 402 g/mol. The van der Waals surface area contributed by atoms with Crippen LogP contribution in [0.1, 0.15) is 29.0 Å². The Hall–Kier alpha value is -3.70. The third-order valence-corrected chi connectivity index (χ3v) is 5.82. The second kappa shape index (κ2) is 9.62. The monoisotopic (exact) mass is 427 g/mol. The molecule has 0 aromatic heterocycles. The van der Waals surface area contributed by atoms with E-state index in [2.05, 4.69) is 0 Å². The standard InChI is InChI=1S/C27H25NO4/c28-24(16-8-11-18-9-2-1-3-10-18)25(26(29)30)27(31)32-17-23-21-14-6-4-12-19(21)20-13-5-7-15-22(20)23/h1-15,23-25H,16-17,28H2,(H,29,30)/b11-8-/t24-,25+/m1/s1. The van der Waals surface area contributed by atoms with Crippen LogP contribution in [-0.4, -0.2) is 29.7 Å². The Morgan fingerprint density at radius 2 is 1.47 bits per heavy atom. The lowest BCUT2D eigenvalue weighted by Crippen LogP contribution is -2.41. The Bertz CT molecular complexity index is 1090. The van der Waals surface area contributed by atoms with E-state index >= 15 is 0 Å². The van der Waals surface area contributed by atoms with Gasteiger partial charge in [0.2, 0.25) is 0 Å². The quantitative estimate of drug-likeness (QED) is 0.409. The summed E-state index contributed by atoms with van der Waals surface area (Å²) in [6.07, 6.45) is 3.89. The molecule has 3 aromatic rings. The van der Waals surface area contributed by atoms with E-state index in [1.54, 1.807) is 6.08 Å². The molecule has 4 rings (SSSR count). The van der Waals surface area contributed by atoms with Crippen LogP contribution in [0.5, 0.6) is 0 Å². The Morgan fingerprint density at radius 3 is 2.06 bits per heavy atom. The maximum Gasteiger partial charge on any atom is 0.321 e. The molecule has 3 N–H and O–H groups in total. The molecular formula is C27H25NO4. The lowest BCUT2D eigenvalue weighted by molar-refractivity contribution is -0.159. The van der Waals surface area contributed by atoms with Gasteiger partial charge in [0, 0.05) is 12.0 Å². The molecule has 0 aliphatic heterocycles. The van der Waals surface area contributed by atoms with E-state index in [0.717, 1.165) is 27.8 Å². The van der Waals surface area contributed by atoms with Gasteiger partial charge in [0.25, 0.3) is 0 Å². The molecule has 0 heterocycles. The molecule has 0 bridgehead atoms. The first-order valence-corrected chi connectivity index (χ1v) is 10.6. The SMILES string of the molecule is N[C@H](C/C=C\c1ccccc1)[C@@H](C(=O)O)C(=O)OCC1c2ccccc2-c2ccccc21. The van der Waals surface area contributed by atoms with Gasteiger partial charge in [-0.3, -0.25) is 9.59 Å². The van der Waals surface area contributed by atoms with E-state index in [-0.39, 0.29) is 18.9 Å². The number of carbonyl (C=O) groups excluding carboxylic acids is 1. The van der Waals surface area contributed by atoms with Crippen molar-refractivity contribution in [3.63, 3.8) is 0 Å². The summed E-state index contributed by atoms with van der Waals surface area (Å²) in [7, 11) is 0. The minimum absolute atomic E-state index is 0.0726. The largest absolute Gasteiger partial charge is 0.481 e. The van der Waals surface area contributed by atoms with Gasteiger partial charge in [0.1, 0.15) is 6.61 Å². The van der Waals surface area contributed by atoms with Gasteiger partial charge in [-0.15, -0.1) is 0 Å². The highest BCUT2D eigenvalue weighted by Gasteiger charge is 2.35. The van der Waals surface area contributed by atoms with Gasteiger partial charge in [-0.25, -0.2) is 0 Å². The van der Waals surface area contributed by atoms with Crippen molar-refractivity contribution in [2.75, 3.05) is 6.61 Å². The van der Waals surface area contributed by atoms with Crippen LogP contribution in [0.25, 0.3) is 17.2 Å². The fourth-order valence-electron chi connectivity index (χ4n) is 4.21. The van der Waals surface area contributed by atoms with Gasteiger partial charge < -0.3 is 15.6 Å². The Labute approximate surface area is 187 Å². The van der Waals surface area contributed by atoms with Crippen LogP contribution in [0.2, 0.25) is 0 Å². The number of fused-ring (bicyclic) bond motifs is 3. The maximum absolute atomic E-state index is 12.7. The number of esters is 1. The second-order valence-electron chi connectivity index (χ2n) is 7.89. The summed E-state index contributed by atoms with van der Waals surface area (Å²) in [6.45, 7) is 0.0726. The van der Waals surface area contributed by atoms with Crippen LogP contribution >= 0.6 is 0 Å². The Balaban J connectivity index is 1.44. The van der Waals surface area contributed by atoms with Crippen LogP contribution in [0.3, 0.4) is 0 Å². The van der Waals surface area contributed by atoms with Crippen LogP contribution in [0.15, 0.2) is 84.9 Å². The second-order valence-corrected chi connectivity index (χ2v) is 7.89. The third-order valence-electron chi connectivity index (χ3n) is 5.82. The molecule has 0 amide bonds. The molecule has 0 fully saturated rings. The Kier molecular flexibility index (Phi) is 6.47. The average Bonchev–Trinajstić information content (AvgIpc) is 3.12. The molecule has 0 radical (unpaired) electrons. The van der Waals surface area contributed by atoms with Gasteiger partial charge in [0.05, 0.1) is 0 Å². The van der Waals surface area contributed by atoms with Gasteiger partial charge in [0.15, 0.2) is 5.92 Å². The predicted molar refractivity (Wildman–Crippen MR) is 124 cm³/mol. The zero-order valence-electron chi connectivity index (χ0n) is 17.6. The van der Waals surface area contributed by atoms with Crippen LogP contribution < -0.4 is 5.73 Å². The van der Waals surface area contributed by atoms with Crippen molar-refractivity contribution in [1.82, 2.24) is 0 Å². The number of benzene rings is 3. The number of ether oxygens (including phenoxy) is 1. The van der Waals surface area contributed by atoms with Crippen molar-refractivity contribution in [2.45, 2.75) is 18.4 Å². The zero-order valence-corrected chi connectivity index (χ0v) is 17.6. The molecule has 0 saturated heterocycles. The number of carboxylic acids is 1. The van der Waals surface area contributed by atoms with Gasteiger partial charge in [-0.05, 0) is 34.2 Å². The summed E-state index contributed by atoms with van der Waals surface area (Å²) in [6, 6.07) is 24.7. The van der Waals surface area contributed by atoms with Crippen LogP contribution in [0.4, 0.5) is 0 Å². The zero-order chi connectivity index (χ0) is 22.5. The lowest BCUT2D eigenvalue weighted by atomic mass is 9.96. The number of nitrogens with two attached hydrogens (primary N) is 1. The number of hydrogen-bond donors (Lipinski definition) is 2. The van der Waals surface area contributed by atoms with Crippen molar-refractivity contribution in [1.29, 1.82) is 0 Å². The topological polar surface area (TPSA) is 89.6 Å². The van der Waals surface area contributed by atoms with Crippen molar-refractivity contribution < 1.29 is 19.4 Å². The van der Waals surface area contributed by atoms with Gasteiger partial charge >= 0.3 is 11.9 Å². The van der Waals surface area contributed by atoms with Crippen LogP contribution in [0, 0.1) is 5.92 Å². The molecule has 5 nitrogen and oxygen atoms in total. The fraction of sp³-hybridized carbons (Fsp3) is 0.185. The van der Waals surface area contributed by atoms with Crippen molar-refractivity contribution in [3.8, 4) is 11.1 Å². The summed E-state index contributed by atoms with van der Waals surface area (Å²) in [5, 5.41) is 9.63. The van der Waals surface area contributed by atoms with Crippen LogP contribution in [-0.2, 0) is 14.3 Å². The average molecular weight is 428 g/mol. The molecule has 0 spiro atoms. The van der Waals surface area contributed by atoms with Gasteiger partial charge in [-0.2, -0.15) is 0 Å². The normalized spacial score (nSPS) is 14.5. The molecule has 0 unspecified atom stereocenters. The number of aliphatic carboxylic acids is 1. The first-order chi connectivity index (χ1) is 15.6. The number of rotatable bonds is 8. The molecule has 162 valence electrons. The molecule has 5 heteroatoms. The maximum atomic E-state index is 12.7. The Morgan fingerprint density at radius 1 is 0.906 bits per heavy atom. The summed E-state index contributed by atoms with van der Waals surface area (Å²) >= 11 is 0. The van der Waals surface area contributed by atoms with E-state index in [4.69, 9.17) is 10.5 Å². The number of carbonyl (C=O) groups is 2. The highest BCUT2D eigenvalue weighted by molar-refractivity contribution is 5.95. The van der Waals surface area contributed by atoms with E-state index < -0.39 is 23.9 Å². The van der Waals surface area contributed by atoms with E-state index in [1.807, 2.05) is 84.9 Å². The predicted octanol–water partition coefficient (Wildman–Crippen LogP) is 4.47. The molecule has 32 heavy (non-hydrogen) atoms. The first kappa shape index (κ1) is 21.5. The molecule has 1 aliphatic rings. The van der Waals surface area contributed by atoms with Crippen molar-refractivity contribution in [3.05, 3.63) is 102 Å². The smallest absolute Gasteiger partial charge is 0.321 e. The molecule has 0 saturated carbocycles. The van der Waals surface area contributed by atoms with Crippen molar-refractivity contribution >= 4 is 18.0 Å². The summed E-state index contributed by atoms with van der Waals surface area (Å²) in [4.78, 5) is 24.5. The molecule has 3 aromatic carbocycles. The van der Waals surface area contributed by atoms with E-state index in [0.29, 0.717) is 0 Å². The summed E-state index contributed by atoms with van der Waals surface area (Å²) < 4.78 is 5.53. The highest BCUT2D eigenvalue weighted by atomic mass is 16.5. The highest BCUT2D eigenvalue weighted by Crippen LogP contribution is 2.44. The van der Waals surface area contributed by atoms with Gasteiger partial charge in [-0.1, -0.05) is 91.0 Å². The third kappa shape index (κ3) is 4.48. The number of carboxylic acid groups (broad SMARTS) is 1. The minimum Gasteiger partial charge on any atom is -0.481 e.